The molecule has 0 aliphatic carbocycles. The lowest BCUT2D eigenvalue weighted by Gasteiger charge is -2.20. The fourth-order valence-corrected chi connectivity index (χ4v) is 2.28. The number of methoxy groups -OCH3 is 1. The number of ether oxygens (including phenoxy) is 2. The van der Waals surface area contributed by atoms with E-state index in [9.17, 15) is 4.79 Å². The molecule has 0 fully saturated rings. The van der Waals surface area contributed by atoms with Crippen molar-refractivity contribution in [3.8, 4) is 11.4 Å². The number of esters is 1. The summed E-state index contributed by atoms with van der Waals surface area (Å²) in [6.45, 7) is 0.299. The van der Waals surface area contributed by atoms with E-state index in [4.69, 9.17) is 4.74 Å². The molecule has 1 aromatic carbocycles. The zero-order valence-electron chi connectivity index (χ0n) is 9.51. The van der Waals surface area contributed by atoms with Crippen molar-refractivity contribution in [1.82, 2.24) is 9.55 Å². The van der Waals surface area contributed by atoms with Gasteiger partial charge in [-0.2, -0.15) is 0 Å². The minimum absolute atomic E-state index is 0.297. The van der Waals surface area contributed by atoms with Crippen LogP contribution in [0.4, 0.5) is 0 Å². The number of rotatable bonds is 1. The molecule has 1 aromatic heterocycles. The maximum Gasteiger partial charge on any atom is 0.358 e. The van der Waals surface area contributed by atoms with E-state index in [0.717, 1.165) is 15.9 Å². The molecule has 18 heavy (non-hydrogen) atoms. The SMILES string of the molecule is COC(=O)c1ncn2c1COc1cc(Br)ccc1-2. The Kier molecular flexibility index (Phi) is 2.59. The second-order valence-electron chi connectivity index (χ2n) is 3.80. The molecule has 6 heteroatoms. The average Bonchev–Trinajstić information content (AvgIpc) is 2.81. The minimum Gasteiger partial charge on any atom is -0.485 e. The van der Waals surface area contributed by atoms with Crippen molar-refractivity contribution in [2.75, 3.05) is 7.11 Å². The van der Waals surface area contributed by atoms with Gasteiger partial charge in [-0.1, -0.05) is 15.9 Å². The third kappa shape index (κ3) is 1.60. The van der Waals surface area contributed by atoms with Gasteiger partial charge < -0.3 is 9.47 Å². The van der Waals surface area contributed by atoms with E-state index >= 15 is 0 Å². The molecule has 0 radical (unpaired) electrons. The molecule has 0 saturated heterocycles. The van der Waals surface area contributed by atoms with E-state index in [2.05, 4.69) is 25.7 Å². The highest BCUT2D eigenvalue weighted by Gasteiger charge is 2.24. The van der Waals surface area contributed by atoms with Crippen molar-refractivity contribution in [3.05, 3.63) is 40.4 Å². The van der Waals surface area contributed by atoms with Crippen LogP contribution in [-0.2, 0) is 11.3 Å². The first kappa shape index (κ1) is 11.3. The molecule has 1 aliphatic heterocycles. The maximum atomic E-state index is 11.6. The first-order valence-electron chi connectivity index (χ1n) is 5.28. The van der Waals surface area contributed by atoms with Gasteiger partial charge in [0.15, 0.2) is 5.69 Å². The standard InChI is InChI=1S/C12H9BrN2O3/c1-17-12(16)11-9-5-18-10-4-7(13)2-3-8(10)15(9)6-14-11/h2-4,6H,5H2,1H3. The molecule has 3 rings (SSSR count). The molecule has 0 atom stereocenters. The van der Waals surface area contributed by atoms with Crippen molar-refractivity contribution < 1.29 is 14.3 Å². The monoisotopic (exact) mass is 308 g/mol. The Morgan fingerprint density at radius 1 is 1.56 bits per heavy atom. The molecule has 2 heterocycles. The molecule has 1 aliphatic rings. The zero-order chi connectivity index (χ0) is 12.7. The highest BCUT2D eigenvalue weighted by atomic mass is 79.9. The van der Waals surface area contributed by atoms with Crippen LogP contribution in [-0.4, -0.2) is 22.6 Å². The van der Waals surface area contributed by atoms with Crippen molar-refractivity contribution in [1.29, 1.82) is 0 Å². The third-order valence-corrected chi connectivity index (χ3v) is 3.28. The van der Waals surface area contributed by atoms with Gasteiger partial charge in [0.25, 0.3) is 0 Å². The van der Waals surface area contributed by atoms with Crippen LogP contribution < -0.4 is 4.74 Å². The third-order valence-electron chi connectivity index (χ3n) is 2.79. The number of imidazole rings is 1. The van der Waals surface area contributed by atoms with E-state index in [-0.39, 0.29) is 0 Å². The van der Waals surface area contributed by atoms with Crippen molar-refractivity contribution in [2.24, 2.45) is 0 Å². The molecular formula is C12H9BrN2O3. The fraction of sp³-hybridized carbons (Fsp3) is 0.167. The van der Waals surface area contributed by atoms with Gasteiger partial charge in [0.05, 0.1) is 18.5 Å². The number of hydrogen-bond donors (Lipinski definition) is 0. The summed E-state index contributed by atoms with van der Waals surface area (Å²) < 4.78 is 13.1. The van der Waals surface area contributed by atoms with Crippen LogP contribution >= 0.6 is 15.9 Å². The fourth-order valence-electron chi connectivity index (χ4n) is 1.94. The van der Waals surface area contributed by atoms with Crippen LogP contribution in [0.2, 0.25) is 0 Å². The lowest BCUT2D eigenvalue weighted by molar-refractivity contribution is 0.0591. The Labute approximate surface area is 111 Å². The van der Waals surface area contributed by atoms with Crippen LogP contribution in [0.3, 0.4) is 0 Å². The summed E-state index contributed by atoms with van der Waals surface area (Å²) >= 11 is 3.39. The topological polar surface area (TPSA) is 53.3 Å². The molecule has 0 bridgehead atoms. The Morgan fingerprint density at radius 2 is 2.39 bits per heavy atom. The number of hydrogen-bond acceptors (Lipinski definition) is 4. The van der Waals surface area contributed by atoms with Crippen molar-refractivity contribution in [3.63, 3.8) is 0 Å². The van der Waals surface area contributed by atoms with Gasteiger partial charge in [-0.15, -0.1) is 0 Å². The summed E-state index contributed by atoms with van der Waals surface area (Å²) in [5, 5.41) is 0. The summed E-state index contributed by atoms with van der Waals surface area (Å²) in [6, 6.07) is 5.70. The van der Waals surface area contributed by atoms with Crippen LogP contribution in [0.5, 0.6) is 5.75 Å². The zero-order valence-corrected chi connectivity index (χ0v) is 11.1. The van der Waals surface area contributed by atoms with Crippen LogP contribution in [0, 0.1) is 0 Å². The molecule has 0 amide bonds. The summed E-state index contributed by atoms with van der Waals surface area (Å²) in [5.74, 6) is 0.304. The van der Waals surface area contributed by atoms with E-state index in [1.165, 1.54) is 7.11 Å². The lowest BCUT2D eigenvalue weighted by Crippen LogP contribution is -2.15. The van der Waals surface area contributed by atoms with Gasteiger partial charge in [-0.05, 0) is 18.2 Å². The summed E-state index contributed by atoms with van der Waals surface area (Å²) in [4.78, 5) is 15.6. The second kappa shape index (κ2) is 4.13. The summed E-state index contributed by atoms with van der Waals surface area (Å²) in [6.07, 6.45) is 1.61. The van der Waals surface area contributed by atoms with Crippen molar-refractivity contribution in [2.45, 2.75) is 6.61 Å². The maximum absolute atomic E-state index is 11.6. The Hall–Kier alpha value is -1.82. The van der Waals surface area contributed by atoms with Gasteiger partial charge >= 0.3 is 5.97 Å². The van der Waals surface area contributed by atoms with Gasteiger partial charge in [0.1, 0.15) is 18.7 Å². The normalized spacial score (nSPS) is 12.3. The van der Waals surface area contributed by atoms with Crippen LogP contribution in [0.15, 0.2) is 29.0 Å². The number of benzene rings is 1. The number of nitrogens with zero attached hydrogens (tertiary/aromatic N) is 2. The number of carbonyl (C=O) groups is 1. The molecule has 2 aromatic rings. The molecule has 0 N–H and O–H groups in total. The van der Waals surface area contributed by atoms with Gasteiger partial charge in [0, 0.05) is 4.47 Å². The lowest BCUT2D eigenvalue weighted by atomic mass is 10.2. The number of aromatic nitrogens is 2. The second-order valence-corrected chi connectivity index (χ2v) is 4.72. The minimum atomic E-state index is -0.451. The first-order chi connectivity index (χ1) is 8.70. The Balaban J connectivity index is 2.15. The molecular weight excluding hydrogens is 300 g/mol. The molecule has 0 saturated carbocycles. The Bertz CT molecular complexity index is 636. The van der Waals surface area contributed by atoms with E-state index in [0.29, 0.717) is 18.0 Å². The number of halogens is 1. The van der Waals surface area contributed by atoms with Gasteiger partial charge in [-0.3, -0.25) is 4.57 Å². The first-order valence-corrected chi connectivity index (χ1v) is 6.07. The van der Waals surface area contributed by atoms with E-state index in [1.54, 1.807) is 6.33 Å². The highest BCUT2D eigenvalue weighted by molar-refractivity contribution is 9.10. The Morgan fingerprint density at radius 3 is 3.17 bits per heavy atom. The van der Waals surface area contributed by atoms with Gasteiger partial charge in [-0.25, -0.2) is 9.78 Å². The number of fused-ring (bicyclic) bond motifs is 3. The van der Waals surface area contributed by atoms with Crippen LogP contribution in [0.1, 0.15) is 16.2 Å². The average molecular weight is 309 g/mol. The predicted octanol–water partition coefficient (Wildman–Crippen LogP) is 2.31. The number of carbonyl (C=O) groups excluding carboxylic acids is 1. The van der Waals surface area contributed by atoms with E-state index in [1.807, 2.05) is 22.8 Å². The highest BCUT2D eigenvalue weighted by Crippen LogP contribution is 2.33. The van der Waals surface area contributed by atoms with E-state index < -0.39 is 5.97 Å². The molecule has 0 spiro atoms. The smallest absolute Gasteiger partial charge is 0.358 e. The van der Waals surface area contributed by atoms with Gasteiger partial charge in [0.2, 0.25) is 0 Å². The predicted molar refractivity (Wildman–Crippen MR) is 66.9 cm³/mol. The quantitative estimate of drug-likeness (QED) is 0.759. The summed E-state index contributed by atoms with van der Waals surface area (Å²) in [7, 11) is 1.34. The summed E-state index contributed by atoms with van der Waals surface area (Å²) in [5.41, 5.74) is 1.87. The van der Waals surface area contributed by atoms with Crippen molar-refractivity contribution >= 4 is 21.9 Å². The molecule has 0 unspecified atom stereocenters. The largest absolute Gasteiger partial charge is 0.485 e. The molecule has 5 nitrogen and oxygen atoms in total. The molecule has 92 valence electrons. The van der Waals surface area contributed by atoms with Crippen LogP contribution in [0.25, 0.3) is 5.69 Å².